The zero-order valence-corrected chi connectivity index (χ0v) is 60.2. The van der Waals surface area contributed by atoms with Crippen LogP contribution in [0.1, 0.15) is 59.4 Å². The van der Waals surface area contributed by atoms with Gasteiger partial charge in [0.25, 0.3) is 30.1 Å². The molecule has 0 aliphatic heterocycles. The van der Waals surface area contributed by atoms with Crippen molar-refractivity contribution < 1.29 is 103 Å². The zero-order valence-electron chi connectivity index (χ0n) is 55.3. The van der Waals surface area contributed by atoms with Crippen molar-refractivity contribution in [1.82, 2.24) is 15.0 Å². The number of sulfonamides is 3. The highest BCUT2D eigenvalue weighted by molar-refractivity contribution is 7.93. The number of benzene rings is 8. The van der Waals surface area contributed by atoms with E-state index in [9.17, 15) is 69.2 Å². The lowest BCUT2D eigenvalue weighted by Gasteiger charge is -2.23. The lowest BCUT2D eigenvalue weighted by molar-refractivity contribution is -0.138. The van der Waals surface area contributed by atoms with Crippen LogP contribution in [-0.4, -0.2) is 73.8 Å². The molecule has 0 amide bonds. The molecule has 8 aromatic carbocycles. The first kappa shape index (κ1) is 84.7. The summed E-state index contributed by atoms with van der Waals surface area (Å²) in [5.74, 6) is 1.61. The summed E-state index contributed by atoms with van der Waals surface area (Å²) in [5, 5.41) is 14.6. The van der Waals surface area contributed by atoms with Crippen LogP contribution in [0, 0.1) is 26.6 Å². The van der Waals surface area contributed by atoms with Crippen molar-refractivity contribution in [3.05, 3.63) is 249 Å². The van der Waals surface area contributed by atoms with E-state index < -0.39 is 71.1 Å². The van der Waals surface area contributed by atoms with Gasteiger partial charge in [0, 0.05) is 58.0 Å². The SMILES string of the molecule is C.C.COc1ccc(CN(c2nccs2)S(=O)(=O)c2ccc(F)cc2)c(OC)c1.COc1ccc(CN(c2nccs2)S(=O)(=O)c2ccc(Oc3cc(C)cc(C(F)(F)F)c3)cc2)c(OC)c1.Cc1cc(O)cc(C(F)(F)F)c1.Cc1cc(Oc2ccc(S(=O)(=O)Nc3nccs3)cc2)cc(C(F)(F)F)c1. The summed E-state index contributed by atoms with van der Waals surface area (Å²) >= 11 is 3.48. The molecule has 3 aromatic heterocycles. The van der Waals surface area contributed by atoms with Gasteiger partial charge in [-0.25, -0.2) is 53.2 Å². The number of ether oxygens (including phenoxy) is 6. The maximum atomic E-state index is 13.7. The van der Waals surface area contributed by atoms with Crippen LogP contribution in [0.2, 0.25) is 0 Å². The number of aryl methyl sites for hydroxylation is 3. The van der Waals surface area contributed by atoms with Crippen molar-refractivity contribution >= 4 is 79.5 Å². The van der Waals surface area contributed by atoms with E-state index in [1.165, 1.54) is 162 Å². The molecule has 0 unspecified atom stereocenters. The van der Waals surface area contributed by atoms with Gasteiger partial charge >= 0.3 is 18.5 Å². The van der Waals surface area contributed by atoms with E-state index in [1.54, 1.807) is 52.5 Å². The second-order valence-electron chi connectivity index (χ2n) is 21.7. The molecule has 2 N–H and O–H groups in total. The summed E-state index contributed by atoms with van der Waals surface area (Å²) < 4.78 is 243. The Balaban J connectivity index is 0.000000232. The van der Waals surface area contributed by atoms with Gasteiger partial charge in [0.15, 0.2) is 15.4 Å². The molecule has 19 nitrogen and oxygen atoms in total. The summed E-state index contributed by atoms with van der Waals surface area (Å²) in [6.45, 7) is 4.49. The number of hydrogen-bond donors (Lipinski definition) is 2. The average molecular weight is 1600 g/mol. The van der Waals surface area contributed by atoms with Crippen LogP contribution >= 0.6 is 34.0 Å². The Morgan fingerprint density at radius 2 is 0.783 bits per heavy atom. The van der Waals surface area contributed by atoms with Crippen molar-refractivity contribution in [3.63, 3.8) is 0 Å². The number of phenols is 1. The van der Waals surface area contributed by atoms with Crippen molar-refractivity contribution in [1.29, 1.82) is 0 Å². The quantitative estimate of drug-likeness (QED) is 0.0636. The molecule has 0 spiro atoms. The van der Waals surface area contributed by atoms with Gasteiger partial charge in [0.05, 0.1) is 72.9 Å². The molecule has 0 aliphatic rings. The van der Waals surface area contributed by atoms with Crippen molar-refractivity contribution in [2.45, 2.75) is 81.9 Å². The molecule has 0 atom stereocenters. The minimum atomic E-state index is -4.52. The fourth-order valence-corrected chi connectivity index (χ4v) is 15.6. The Labute approximate surface area is 617 Å². The molecule has 0 fully saturated rings. The van der Waals surface area contributed by atoms with Gasteiger partial charge in [-0.3, -0.25) is 4.72 Å². The Morgan fingerprint density at radius 1 is 0.425 bits per heavy atom. The van der Waals surface area contributed by atoms with Crippen LogP contribution in [0.25, 0.3) is 0 Å². The lowest BCUT2D eigenvalue weighted by atomic mass is 10.1. The molecular weight excluding hydrogens is 1530 g/mol. The van der Waals surface area contributed by atoms with Gasteiger partial charge in [0.1, 0.15) is 57.6 Å². The number of rotatable bonds is 21. The van der Waals surface area contributed by atoms with Gasteiger partial charge in [-0.15, -0.1) is 34.0 Å². The van der Waals surface area contributed by atoms with Crippen LogP contribution in [0.4, 0.5) is 59.3 Å². The molecule has 0 saturated heterocycles. The summed E-state index contributed by atoms with van der Waals surface area (Å²) in [4.78, 5) is 12.1. The third-order valence-electron chi connectivity index (χ3n) is 14.1. The third-order valence-corrected chi connectivity index (χ3v) is 21.6. The fourth-order valence-electron chi connectivity index (χ4n) is 9.28. The van der Waals surface area contributed by atoms with Crippen molar-refractivity contribution in [3.8, 4) is 51.7 Å². The molecule has 11 rings (SSSR count). The molecule has 0 radical (unpaired) electrons. The van der Waals surface area contributed by atoms with Gasteiger partial charge in [-0.2, -0.15) is 39.5 Å². The second-order valence-corrected chi connectivity index (χ2v) is 29.7. The number of alkyl halides is 9. The highest BCUT2D eigenvalue weighted by atomic mass is 32.2. The number of nitrogens with one attached hydrogen (secondary N) is 1. The standard InChI is InChI=1S/C26H23F3N2O5S2.C18H17FN2O4S2.C17H13F3N2O3S2.C8H7F3O.2CH4/c1-17-12-19(26(27,28)29)14-22(13-17)36-20-6-8-23(9-7-20)38(32,33)31(25-30-10-11-37-25)16-18-4-5-21(34-2)15-24(18)35-3;1-24-15-6-3-13(17(11-15)25-2)12-21(18-20-9-10-26-18)27(22,23)16-7-4-14(19)5-8-16;1-11-8-12(17(18,19)20)10-14(9-11)25-13-2-4-15(5-3-13)27(23,24)22-16-21-6-7-26-16;1-5-2-6(8(9,10)11)4-7(12)3-5;;/h4-15H,16H2,1-3H3;3-11H,12H2,1-2H3;2-10H,1H3,(H,21,22);2-4,12H,1H3;2*1H4. The third kappa shape index (κ3) is 22.9. The smallest absolute Gasteiger partial charge is 0.416 e. The normalized spacial score (nSPS) is 11.4. The highest BCUT2D eigenvalue weighted by Crippen LogP contribution is 2.39. The molecule has 11 aromatic rings. The van der Waals surface area contributed by atoms with E-state index in [0.717, 1.165) is 69.4 Å². The van der Waals surface area contributed by atoms with E-state index >= 15 is 0 Å². The Bertz CT molecular complexity index is 5010. The number of hydrogen-bond acceptors (Lipinski definition) is 19. The monoisotopic (exact) mass is 1590 g/mol. The van der Waals surface area contributed by atoms with E-state index in [-0.39, 0.29) is 81.6 Å². The number of aromatic nitrogens is 3. The highest BCUT2D eigenvalue weighted by Gasteiger charge is 2.35. The Morgan fingerprint density at radius 3 is 1.13 bits per heavy atom. The molecule has 3 heterocycles. The van der Waals surface area contributed by atoms with E-state index in [0.29, 0.717) is 62.0 Å². The maximum absolute atomic E-state index is 13.7. The van der Waals surface area contributed by atoms with E-state index in [4.69, 9.17) is 33.5 Å². The topological polar surface area (TPSA) is 235 Å². The second kappa shape index (κ2) is 36.2. The number of halogens is 10. The molecule has 0 aliphatic carbocycles. The summed E-state index contributed by atoms with van der Waals surface area (Å²) in [6, 6.07) is 35.4. The molecule has 106 heavy (non-hydrogen) atoms. The minimum absolute atomic E-state index is 0. The molecule has 0 saturated carbocycles. The molecular formula is C71H68F10N6O13S6. The van der Waals surface area contributed by atoms with Gasteiger partial charge in [-0.05, 0) is 189 Å². The van der Waals surface area contributed by atoms with Gasteiger partial charge in [0.2, 0.25) is 0 Å². The zero-order chi connectivity index (χ0) is 76.0. The first-order valence-electron chi connectivity index (χ1n) is 29.7. The molecule has 35 heteroatoms. The first-order chi connectivity index (χ1) is 49.0. The van der Waals surface area contributed by atoms with Crippen LogP contribution in [0.15, 0.2) is 213 Å². The van der Waals surface area contributed by atoms with Gasteiger partial charge < -0.3 is 33.5 Å². The largest absolute Gasteiger partial charge is 0.508 e. The average Bonchev–Trinajstić information content (AvgIpc) is 1.28. The first-order valence-corrected chi connectivity index (χ1v) is 36.8. The predicted molar refractivity (Wildman–Crippen MR) is 386 cm³/mol. The van der Waals surface area contributed by atoms with Crippen LogP contribution in [-0.2, 0) is 61.7 Å². The minimum Gasteiger partial charge on any atom is -0.508 e. The van der Waals surface area contributed by atoms with Crippen LogP contribution in [0.5, 0.6) is 51.7 Å². The number of nitrogens with zero attached hydrogens (tertiary/aromatic N) is 5. The summed E-state index contributed by atoms with van der Waals surface area (Å²) in [7, 11) is -5.83. The fraction of sp³-hybridized carbons (Fsp3) is 0.197. The summed E-state index contributed by atoms with van der Waals surface area (Å²) in [5.41, 5.74) is -0.0775. The van der Waals surface area contributed by atoms with Crippen LogP contribution in [0.3, 0.4) is 0 Å². The lowest BCUT2D eigenvalue weighted by Crippen LogP contribution is -2.30. The molecule has 0 bridgehead atoms. The van der Waals surface area contributed by atoms with Crippen molar-refractivity contribution in [2.24, 2.45) is 0 Å². The van der Waals surface area contributed by atoms with Gasteiger partial charge in [-0.1, -0.05) is 14.9 Å². The number of phenolic OH excluding ortho intramolecular Hbond substituents is 1. The summed E-state index contributed by atoms with van der Waals surface area (Å²) in [6.07, 6.45) is -8.89. The number of thiazole rings is 3. The number of anilines is 3. The van der Waals surface area contributed by atoms with E-state index in [1.807, 2.05) is 0 Å². The Hall–Kier alpha value is -10.2. The molecule has 566 valence electrons. The van der Waals surface area contributed by atoms with E-state index in [2.05, 4.69) is 19.7 Å². The van der Waals surface area contributed by atoms with Crippen molar-refractivity contribution in [2.75, 3.05) is 41.8 Å². The maximum Gasteiger partial charge on any atom is 0.416 e. The number of methoxy groups -OCH3 is 4. The number of aromatic hydroxyl groups is 1. The Kier molecular flexibility index (Phi) is 28.9. The van der Waals surface area contributed by atoms with Crippen LogP contribution < -0.4 is 41.8 Å². The predicted octanol–water partition coefficient (Wildman–Crippen LogP) is 19.4.